The van der Waals surface area contributed by atoms with Crippen molar-refractivity contribution >= 4 is 29.0 Å². The van der Waals surface area contributed by atoms with Crippen LogP contribution in [0.15, 0.2) is 0 Å². The number of hydrogen-bond donors (Lipinski definition) is 0. The first kappa shape index (κ1) is 15.9. The molecule has 6 heavy (non-hydrogen) atoms. The molecule has 0 unspecified atom stereocenters. The summed E-state index contributed by atoms with van der Waals surface area (Å²) in [5.74, 6) is -1.08. The molecule has 0 spiro atoms. The molecule has 2 nitrogen and oxygen atoms in total. The second-order valence-corrected chi connectivity index (χ2v) is 0.492. The third-order valence-electron chi connectivity index (χ3n) is 0. The maximum absolute atomic E-state index is 8.89. The van der Waals surface area contributed by atoms with Crippen LogP contribution in [0.1, 0.15) is 6.92 Å². The van der Waals surface area contributed by atoms with Gasteiger partial charge in [-0.3, -0.25) is 0 Å². The Kier molecular flexibility index (Phi) is 24.4. The minimum atomic E-state index is -1.08. The number of halogens is 1. The Balaban J connectivity index is -0.0000000450. The van der Waals surface area contributed by atoms with Crippen molar-refractivity contribution in [3.63, 3.8) is 0 Å². The smallest absolute Gasteiger partial charge is 1.00 e. The van der Waals surface area contributed by atoms with Gasteiger partial charge in [0.25, 0.3) is 0 Å². The minimum absolute atomic E-state index is 0. The van der Waals surface area contributed by atoms with Crippen molar-refractivity contribution in [1.29, 1.82) is 0 Å². The molecule has 0 aromatic rings. The number of hydrogen-bond acceptors (Lipinski definition) is 2. The Hall–Kier alpha value is 0.716. The number of aliphatic carboxylic acids is 1. The molecule has 0 aliphatic heterocycles. The first-order chi connectivity index (χ1) is 1.73. The van der Waals surface area contributed by atoms with Crippen LogP contribution < -0.4 is 22.1 Å². The van der Waals surface area contributed by atoms with Gasteiger partial charge in [-0.2, -0.15) is 0 Å². The maximum atomic E-state index is 8.89. The molecule has 0 saturated heterocycles. The molecule has 0 N–H and O–H groups in total. The Labute approximate surface area is 62.8 Å². The molecule has 0 heterocycles. The summed E-state index contributed by atoms with van der Waals surface area (Å²) in [6, 6.07) is 0. The van der Waals surface area contributed by atoms with E-state index >= 15 is 0 Å². The maximum Gasteiger partial charge on any atom is 2.00 e. The average molecular weight is 163 g/mol. The van der Waals surface area contributed by atoms with Crippen LogP contribution in [0.3, 0.4) is 0 Å². The number of rotatable bonds is 0. The van der Waals surface area contributed by atoms with Gasteiger partial charge < -0.3 is 26.9 Å². The Morgan fingerprint density at radius 1 is 1.67 bits per heavy atom. The van der Waals surface area contributed by atoms with Crippen LogP contribution in [0.25, 0.3) is 0 Å². The van der Waals surface area contributed by atoms with Crippen LogP contribution in [0, 0.1) is 0 Å². The van der Waals surface area contributed by atoms with E-state index in [9.17, 15) is 0 Å². The molecule has 4 heteroatoms. The summed E-state index contributed by atoms with van der Waals surface area (Å²) in [6.07, 6.45) is 0. The summed E-state index contributed by atoms with van der Waals surface area (Å²) < 4.78 is 0. The fourth-order valence-electron chi connectivity index (χ4n) is 0. The predicted molar refractivity (Wildman–Crippen MR) is 16.4 cm³/mol. The summed E-state index contributed by atoms with van der Waals surface area (Å²) in [4.78, 5) is 8.89. The first-order valence-electron chi connectivity index (χ1n) is 0.908. The fraction of sp³-hybridized carbons (Fsp3) is 0.500. The minimum Gasteiger partial charge on any atom is -1.00 e. The summed E-state index contributed by atoms with van der Waals surface area (Å²) in [5.41, 5.74) is 0. The second-order valence-electron chi connectivity index (χ2n) is 0.492. The Morgan fingerprint density at radius 3 is 1.67 bits per heavy atom. The second kappa shape index (κ2) is 9.21. The van der Waals surface area contributed by atoms with Gasteiger partial charge in [-0.25, -0.2) is 0 Å². The topological polar surface area (TPSA) is 40.1 Å². The summed E-state index contributed by atoms with van der Waals surface area (Å²) in [7, 11) is 0. The molecule has 0 radical (unpaired) electrons. The van der Waals surface area contributed by atoms with Crippen LogP contribution >= 0.6 is 0 Å². The van der Waals surface area contributed by atoms with Gasteiger partial charge in [0.05, 0.1) is 0 Å². The first-order valence-corrected chi connectivity index (χ1v) is 0.908. The third-order valence-corrected chi connectivity index (χ3v) is 0. The molecular weight excluding hydrogens is 160 g/mol. The van der Waals surface area contributed by atoms with Crippen LogP contribution in [0.2, 0.25) is 0 Å². The molecular formula is C2H3BrMgO2. The van der Waals surface area contributed by atoms with Gasteiger partial charge in [0, 0.05) is 5.97 Å². The molecule has 0 amide bonds. The quantitative estimate of drug-likeness (QED) is 0.337. The summed E-state index contributed by atoms with van der Waals surface area (Å²) in [5, 5.41) is 8.89. The number of carboxylic acid groups (broad SMARTS) is 1. The van der Waals surface area contributed by atoms with Gasteiger partial charge in [0.15, 0.2) is 0 Å². The molecule has 0 aliphatic carbocycles. The number of carboxylic acids is 1. The van der Waals surface area contributed by atoms with E-state index in [1.807, 2.05) is 0 Å². The van der Waals surface area contributed by atoms with Gasteiger partial charge >= 0.3 is 23.1 Å². The predicted octanol–water partition coefficient (Wildman–Crippen LogP) is -4.62. The van der Waals surface area contributed by atoms with Crippen molar-refractivity contribution < 1.29 is 26.9 Å². The molecule has 32 valence electrons. The third kappa shape index (κ3) is 127. The van der Waals surface area contributed by atoms with Gasteiger partial charge in [0.1, 0.15) is 0 Å². The van der Waals surface area contributed by atoms with E-state index in [2.05, 4.69) is 0 Å². The van der Waals surface area contributed by atoms with E-state index in [1.54, 1.807) is 0 Å². The zero-order valence-electron chi connectivity index (χ0n) is 3.40. The van der Waals surface area contributed by atoms with Crippen LogP contribution in [-0.4, -0.2) is 29.0 Å². The number of carbonyl (C=O) groups excluding carboxylic acids is 1. The molecule has 0 aliphatic rings. The van der Waals surface area contributed by atoms with Crippen LogP contribution in [0.5, 0.6) is 0 Å². The van der Waals surface area contributed by atoms with Crippen LogP contribution in [-0.2, 0) is 4.79 Å². The largest absolute Gasteiger partial charge is 2.00 e. The van der Waals surface area contributed by atoms with E-state index in [0.29, 0.717) is 0 Å². The zero-order valence-corrected chi connectivity index (χ0v) is 6.40. The fourth-order valence-corrected chi connectivity index (χ4v) is 0. The van der Waals surface area contributed by atoms with E-state index in [1.165, 1.54) is 0 Å². The number of carbonyl (C=O) groups is 1. The molecule has 0 aromatic carbocycles. The SMILES string of the molecule is CC(=O)[O-].[Br-].[Mg+2]. The van der Waals surface area contributed by atoms with Gasteiger partial charge in [-0.1, -0.05) is 0 Å². The van der Waals surface area contributed by atoms with Crippen molar-refractivity contribution in [2.45, 2.75) is 6.92 Å². The Morgan fingerprint density at radius 2 is 1.67 bits per heavy atom. The monoisotopic (exact) mass is 162 g/mol. The van der Waals surface area contributed by atoms with Gasteiger partial charge in [-0.15, -0.1) is 0 Å². The van der Waals surface area contributed by atoms with E-state index < -0.39 is 5.97 Å². The zero-order chi connectivity index (χ0) is 3.58. The van der Waals surface area contributed by atoms with E-state index in [-0.39, 0.29) is 40.0 Å². The molecule has 0 aromatic heterocycles. The summed E-state index contributed by atoms with van der Waals surface area (Å²) in [6.45, 7) is 0.972. The molecule has 0 atom stereocenters. The van der Waals surface area contributed by atoms with Crippen LogP contribution in [0.4, 0.5) is 0 Å². The van der Waals surface area contributed by atoms with Gasteiger partial charge in [0.2, 0.25) is 0 Å². The normalized spacial score (nSPS) is 4.17. The van der Waals surface area contributed by atoms with E-state index in [4.69, 9.17) is 9.90 Å². The van der Waals surface area contributed by atoms with Crippen molar-refractivity contribution in [3.05, 3.63) is 0 Å². The Bertz CT molecular complexity index is 34.5. The van der Waals surface area contributed by atoms with Crippen molar-refractivity contribution in [3.8, 4) is 0 Å². The average Bonchev–Trinajstić information content (AvgIpc) is 0.811. The van der Waals surface area contributed by atoms with Gasteiger partial charge in [-0.05, 0) is 6.92 Å². The molecule has 0 rings (SSSR count). The van der Waals surface area contributed by atoms with Crippen molar-refractivity contribution in [1.82, 2.24) is 0 Å². The molecule has 0 fully saturated rings. The van der Waals surface area contributed by atoms with E-state index in [0.717, 1.165) is 6.92 Å². The van der Waals surface area contributed by atoms with Crippen molar-refractivity contribution in [2.75, 3.05) is 0 Å². The van der Waals surface area contributed by atoms with Crippen molar-refractivity contribution in [2.24, 2.45) is 0 Å². The summed E-state index contributed by atoms with van der Waals surface area (Å²) >= 11 is 0. The standard InChI is InChI=1S/C2H4O2.BrH.Mg/c1-2(3)4;;/h1H3,(H,3,4);1H;/q;;+2/p-2. The molecule has 0 saturated carbocycles. The molecule has 0 bridgehead atoms.